The van der Waals surface area contributed by atoms with Crippen molar-refractivity contribution in [3.8, 4) is 0 Å². The van der Waals surface area contributed by atoms with Crippen LogP contribution < -0.4 is 11.5 Å². The minimum atomic E-state index is -4.79. The highest BCUT2D eigenvalue weighted by Gasteiger charge is 2.10. The summed E-state index contributed by atoms with van der Waals surface area (Å²) in [6, 6.07) is 7.33. The molecule has 128 valence electrons. The molecular formula is C14H12N2O6S2-2. The fourth-order valence-corrected chi connectivity index (χ4v) is 3.40. The van der Waals surface area contributed by atoms with Crippen molar-refractivity contribution in [1.82, 2.24) is 0 Å². The van der Waals surface area contributed by atoms with E-state index in [1.165, 1.54) is 36.4 Å². The van der Waals surface area contributed by atoms with Crippen LogP contribution >= 0.6 is 0 Å². The molecule has 2 aromatic rings. The van der Waals surface area contributed by atoms with Crippen LogP contribution in [0.3, 0.4) is 0 Å². The SMILES string of the molecule is Nc1ccc(/C=C\c2ccc(N)cc2S(=O)(=O)[O-])c(S(=O)(=O)[O-])c1. The van der Waals surface area contributed by atoms with Gasteiger partial charge in [-0.3, -0.25) is 0 Å². The first-order valence-corrected chi connectivity index (χ1v) is 9.19. The number of nitrogen functional groups attached to an aromatic ring is 2. The Labute approximate surface area is 138 Å². The molecule has 2 rings (SSSR count). The van der Waals surface area contributed by atoms with Gasteiger partial charge in [-0.1, -0.05) is 24.3 Å². The Morgan fingerprint density at radius 2 is 1.04 bits per heavy atom. The molecule has 0 spiro atoms. The number of nitrogens with two attached hydrogens (primary N) is 2. The maximum Gasteiger partial charge on any atom is 0.125 e. The van der Waals surface area contributed by atoms with E-state index in [9.17, 15) is 25.9 Å². The molecule has 24 heavy (non-hydrogen) atoms. The minimum Gasteiger partial charge on any atom is -0.744 e. The van der Waals surface area contributed by atoms with E-state index in [2.05, 4.69) is 0 Å². The smallest absolute Gasteiger partial charge is 0.125 e. The van der Waals surface area contributed by atoms with Gasteiger partial charge >= 0.3 is 0 Å². The van der Waals surface area contributed by atoms with Crippen LogP contribution in [0.25, 0.3) is 12.2 Å². The zero-order valence-electron chi connectivity index (χ0n) is 12.0. The Bertz CT molecular complexity index is 944. The van der Waals surface area contributed by atoms with E-state index in [-0.39, 0.29) is 22.5 Å². The molecule has 4 N–H and O–H groups in total. The predicted molar refractivity (Wildman–Crippen MR) is 86.6 cm³/mol. The van der Waals surface area contributed by atoms with Crippen LogP contribution in [0.2, 0.25) is 0 Å². The Morgan fingerprint density at radius 3 is 1.33 bits per heavy atom. The van der Waals surface area contributed by atoms with Crippen molar-refractivity contribution in [2.45, 2.75) is 9.79 Å². The van der Waals surface area contributed by atoms with Crippen LogP contribution in [0, 0.1) is 0 Å². The second-order valence-corrected chi connectivity index (χ2v) is 7.53. The standard InChI is InChI=1S/C14H14N2O6S2/c15-11-5-3-9(13(7-11)23(17,18)19)1-2-10-4-6-12(16)8-14(10)24(20,21)22/h1-8H,15-16H2,(H,17,18,19)(H,20,21,22)/p-2/b2-1-. The van der Waals surface area contributed by atoms with Crippen LogP contribution in [0.15, 0.2) is 46.2 Å². The van der Waals surface area contributed by atoms with Gasteiger partial charge in [0.1, 0.15) is 20.2 Å². The summed E-state index contributed by atoms with van der Waals surface area (Å²) in [4.78, 5) is -1.11. The largest absolute Gasteiger partial charge is 0.744 e. The normalized spacial score (nSPS) is 12.6. The molecule has 0 unspecified atom stereocenters. The monoisotopic (exact) mass is 368 g/mol. The third-order valence-corrected chi connectivity index (χ3v) is 4.84. The number of anilines is 2. The Morgan fingerprint density at radius 1 is 0.708 bits per heavy atom. The summed E-state index contributed by atoms with van der Waals surface area (Å²) in [6.45, 7) is 0. The van der Waals surface area contributed by atoms with Gasteiger partial charge in [0.2, 0.25) is 0 Å². The van der Waals surface area contributed by atoms with E-state index < -0.39 is 30.0 Å². The Balaban J connectivity index is 2.59. The Kier molecular flexibility index (Phi) is 4.67. The third-order valence-electron chi connectivity index (χ3n) is 3.06. The topological polar surface area (TPSA) is 166 Å². The average Bonchev–Trinajstić information content (AvgIpc) is 2.45. The number of hydrogen-bond donors (Lipinski definition) is 2. The summed E-state index contributed by atoms with van der Waals surface area (Å²) in [5.74, 6) is 0. The van der Waals surface area contributed by atoms with E-state index in [1.807, 2.05) is 0 Å². The molecule has 0 saturated heterocycles. The van der Waals surface area contributed by atoms with Gasteiger partial charge in [0, 0.05) is 11.4 Å². The molecule has 0 aliphatic heterocycles. The average molecular weight is 368 g/mol. The van der Waals surface area contributed by atoms with Crippen LogP contribution in [0.5, 0.6) is 0 Å². The number of rotatable bonds is 4. The molecule has 0 saturated carbocycles. The highest BCUT2D eigenvalue weighted by molar-refractivity contribution is 7.86. The van der Waals surface area contributed by atoms with E-state index in [0.29, 0.717) is 0 Å². The first-order valence-electron chi connectivity index (χ1n) is 6.37. The highest BCUT2D eigenvalue weighted by Crippen LogP contribution is 2.24. The van der Waals surface area contributed by atoms with Crippen molar-refractivity contribution < 1.29 is 25.9 Å². The fourth-order valence-electron chi connectivity index (χ4n) is 1.99. The molecule has 0 fully saturated rings. The third kappa shape index (κ3) is 4.11. The second-order valence-electron chi connectivity index (χ2n) is 4.84. The molecule has 8 nitrogen and oxygen atoms in total. The zero-order chi connectivity index (χ0) is 18.1. The summed E-state index contributed by atoms with van der Waals surface area (Å²) in [5.41, 5.74) is 11.1. The minimum absolute atomic E-state index is 0.00488. The van der Waals surface area contributed by atoms with Crippen molar-refractivity contribution >= 4 is 43.8 Å². The lowest BCUT2D eigenvalue weighted by atomic mass is 10.1. The van der Waals surface area contributed by atoms with E-state index >= 15 is 0 Å². The summed E-state index contributed by atoms with van der Waals surface area (Å²) in [7, 11) is -9.57. The summed E-state index contributed by atoms with van der Waals surface area (Å²) >= 11 is 0. The van der Waals surface area contributed by atoms with Gasteiger partial charge in [-0.15, -0.1) is 0 Å². The molecule has 10 heteroatoms. The van der Waals surface area contributed by atoms with Gasteiger partial charge in [-0.25, -0.2) is 16.8 Å². The van der Waals surface area contributed by atoms with Crippen molar-refractivity contribution in [1.29, 1.82) is 0 Å². The van der Waals surface area contributed by atoms with E-state index in [1.54, 1.807) is 0 Å². The Hall–Kier alpha value is -2.40. The lowest BCUT2D eigenvalue weighted by molar-refractivity contribution is 0.460. The van der Waals surface area contributed by atoms with Gasteiger partial charge in [0.05, 0.1) is 9.79 Å². The van der Waals surface area contributed by atoms with Gasteiger partial charge in [0.15, 0.2) is 0 Å². The summed E-state index contributed by atoms with van der Waals surface area (Å²) in [6.07, 6.45) is 2.40. The first kappa shape index (κ1) is 17.9. The molecule has 0 atom stereocenters. The number of hydrogen-bond acceptors (Lipinski definition) is 8. The first-order chi connectivity index (χ1) is 11.0. The molecule has 0 amide bonds. The molecule has 0 radical (unpaired) electrons. The fraction of sp³-hybridized carbons (Fsp3) is 0. The second kappa shape index (κ2) is 6.24. The molecular weight excluding hydrogens is 356 g/mol. The number of benzene rings is 2. The van der Waals surface area contributed by atoms with E-state index in [0.717, 1.165) is 12.1 Å². The summed E-state index contributed by atoms with van der Waals surface area (Å²) in [5, 5.41) is 0. The molecule has 0 aliphatic rings. The predicted octanol–water partition coefficient (Wildman–Crippen LogP) is 0.830. The van der Waals surface area contributed by atoms with Gasteiger partial charge < -0.3 is 20.6 Å². The van der Waals surface area contributed by atoms with Gasteiger partial charge in [-0.05, 0) is 35.4 Å². The van der Waals surface area contributed by atoms with Crippen LogP contribution in [-0.2, 0) is 20.2 Å². The van der Waals surface area contributed by atoms with Crippen LogP contribution in [0.1, 0.15) is 11.1 Å². The quantitative estimate of drug-likeness (QED) is 0.454. The van der Waals surface area contributed by atoms with Crippen molar-refractivity contribution in [3.63, 3.8) is 0 Å². The van der Waals surface area contributed by atoms with Crippen LogP contribution in [0.4, 0.5) is 11.4 Å². The maximum atomic E-state index is 11.3. The van der Waals surface area contributed by atoms with Crippen molar-refractivity contribution in [3.05, 3.63) is 47.5 Å². The van der Waals surface area contributed by atoms with E-state index in [4.69, 9.17) is 11.5 Å². The van der Waals surface area contributed by atoms with Gasteiger partial charge in [-0.2, -0.15) is 0 Å². The maximum absolute atomic E-state index is 11.3. The molecule has 0 heterocycles. The van der Waals surface area contributed by atoms with Crippen LogP contribution in [-0.4, -0.2) is 25.9 Å². The molecule has 2 aromatic carbocycles. The van der Waals surface area contributed by atoms with Crippen molar-refractivity contribution in [2.75, 3.05) is 11.5 Å². The van der Waals surface area contributed by atoms with Gasteiger partial charge in [0.25, 0.3) is 0 Å². The molecule has 0 aliphatic carbocycles. The summed E-state index contributed by atoms with van der Waals surface area (Å²) < 4.78 is 67.7. The lowest BCUT2D eigenvalue weighted by Crippen LogP contribution is -2.03. The zero-order valence-corrected chi connectivity index (χ0v) is 13.7. The van der Waals surface area contributed by atoms with Crippen molar-refractivity contribution in [2.24, 2.45) is 0 Å². The highest BCUT2D eigenvalue weighted by atomic mass is 32.2. The molecule has 0 bridgehead atoms. The molecule has 0 aromatic heterocycles. The lowest BCUT2D eigenvalue weighted by Gasteiger charge is -2.13.